The fourth-order valence-electron chi connectivity index (χ4n) is 1.52. The van der Waals surface area contributed by atoms with Crippen molar-refractivity contribution in [3.8, 4) is 0 Å². The zero-order chi connectivity index (χ0) is 16.0. The van der Waals surface area contributed by atoms with E-state index in [1.165, 1.54) is 0 Å². The Morgan fingerprint density at radius 2 is 2.10 bits per heavy atom. The molecule has 2 amide bonds. The van der Waals surface area contributed by atoms with Crippen LogP contribution in [0.3, 0.4) is 0 Å². The van der Waals surface area contributed by atoms with E-state index in [2.05, 4.69) is 15.6 Å². The Hall–Kier alpha value is -1.82. The first-order valence-electron chi connectivity index (χ1n) is 7.08. The highest BCUT2D eigenvalue weighted by atomic mass is 16.3. The zero-order valence-electron chi connectivity index (χ0n) is 13.5. The lowest BCUT2D eigenvalue weighted by atomic mass is 9.93. The van der Waals surface area contributed by atoms with Crippen molar-refractivity contribution in [3.05, 3.63) is 23.9 Å². The Kier molecular flexibility index (Phi) is 5.96. The minimum absolute atomic E-state index is 0.0700. The highest BCUT2D eigenvalue weighted by Gasteiger charge is 2.25. The molecule has 21 heavy (non-hydrogen) atoms. The predicted octanol–water partition coefficient (Wildman–Crippen LogP) is 1.35. The summed E-state index contributed by atoms with van der Waals surface area (Å²) in [6.45, 7) is 6.18. The molecular formula is C15H26N4O2. The third kappa shape index (κ3) is 5.59. The number of urea groups is 1. The number of amides is 2. The van der Waals surface area contributed by atoms with Crippen LogP contribution in [0, 0.1) is 5.92 Å². The predicted molar refractivity (Wildman–Crippen MR) is 84.3 cm³/mol. The van der Waals surface area contributed by atoms with E-state index in [1.54, 1.807) is 13.1 Å². The lowest BCUT2D eigenvalue weighted by Gasteiger charge is -2.27. The molecule has 3 N–H and O–H groups in total. The van der Waals surface area contributed by atoms with Crippen molar-refractivity contribution >= 4 is 11.8 Å². The van der Waals surface area contributed by atoms with Crippen LogP contribution in [-0.4, -0.2) is 42.4 Å². The molecule has 1 rings (SSSR count). The molecule has 0 fully saturated rings. The summed E-state index contributed by atoms with van der Waals surface area (Å²) in [5, 5.41) is 15.5. The van der Waals surface area contributed by atoms with Gasteiger partial charge in [-0.05, 0) is 30.5 Å². The Bertz CT molecular complexity index is 472. The lowest BCUT2D eigenvalue weighted by molar-refractivity contribution is 0.0166. The second kappa shape index (κ2) is 7.26. The van der Waals surface area contributed by atoms with Gasteiger partial charge in [0.25, 0.3) is 0 Å². The standard InChI is InChI=1S/C15H26N4O2/c1-11(2)15(3,21)10-18-14(20)17-9-12-6-7-16-13(8-12)19(4)5/h6-8,11,21H,9-10H2,1-5H3,(H2,17,18,20). The molecule has 0 aliphatic carbocycles. The summed E-state index contributed by atoms with van der Waals surface area (Å²) in [5.41, 5.74) is 0.0611. The highest BCUT2D eigenvalue weighted by Crippen LogP contribution is 2.14. The van der Waals surface area contributed by atoms with Gasteiger partial charge in [0.05, 0.1) is 5.60 Å². The number of carbonyl (C=O) groups excluding carboxylic acids is 1. The first kappa shape index (κ1) is 17.2. The van der Waals surface area contributed by atoms with Crippen molar-refractivity contribution in [2.45, 2.75) is 32.9 Å². The minimum atomic E-state index is -0.911. The molecule has 1 aromatic rings. The monoisotopic (exact) mass is 294 g/mol. The number of aliphatic hydroxyl groups is 1. The molecule has 1 atom stereocenters. The summed E-state index contributed by atoms with van der Waals surface area (Å²) < 4.78 is 0. The van der Waals surface area contributed by atoms with Gasteiger partial charge in [-0.3, -0.25) is 0 Å². The molecular weight excluding hydrogens is 268 g/mol. The summed E-state index contributed by atoms with van der Waals surface area (Å²) in [5.74, 6) is 0.915. The van der Waals surface area contributed by atoms with Crippen molar-refractivity contribution < 1.29 is 9.90 Å². The topological polar surface area (TPSA) is 77.5 Å². The first-order valence-corrected chi connectivity index (χ1v) is 7.08. The van der Waals surface area contributed by atoms with E-state index in [0.717, 1.165) is 11.4 Å². The molecule has 0 saturated heterocycles. The summed E-state index contributed by atoms with van der Waals surface area (Å²) in [4.78, 5) is 17.9. The fourth-order valence-corrected chi connectivity index (χ4v) is 1.52. The van der Waals surface area contributed by atoms with Crippen LogP contribution in [0.15, 0.2) is 18.3 Å². The van der Waals surface area contributed by atoms with Crippen LogP contribution in [-0.2, 0) is 6.54 Å². The Balaban J connectivity index is 2.45. The smallest absolute Gasteiger partial charge is 0.315 e. The maximum atomic E-state index is 11.7. The van der Waals surface area contributed by atoms with Crippen molar-refractivity contribution in [2.24, 2.45) is 5.92 Å². The number of rotatable bonds is 6. The van der Waals surface area contributed by atoms with Crippen LogP contribution in [0.5, 0.6) is 0 Å². The van der Waals surface area contributed by atoms with E-state index in [9.17, 15) is 9.90 Å². The lowest BCUT2D eigenvalue weighted by Crippen LogP contribution is -2.47. The maximum absolute atomic E-state index is 11.7. The quantitative estimate of drug-likeness (QED) is 0.740. The molecule has 1 aromatic heterocycles. The van der Waals surface area contributed by atoms with E-state index in [-0.39, 0.29) is 18.5 Å². The number of pyridine rings is 1. The van der Waals surface area contributed by atoms with Crippen LogP contribution in [0.2, 0.25) is 0 Å². The Morgan fingerprint density at radius 1 is 1.43 bits per heavy atom. The van der Waals surface area contributed by atoms with Gasteiger partial charge in [0.1, 0.15) is 5.82 Å². The maximum Gasteiger partial charge on any atom is 0.315 e. The Morgan fingerprint density at radius 3 is 2.67 bits per heavy atom. The molecule has 0 radical (unpaired) electrons. The van der Waals surface area contributed by atoms with Crippen LogP contribution >= 0.6 is 0 Å². The average Bonchev–Trinajstić information content (AvgIpc) is 2.43. The average molecular weight is 294 g/mol. The zero-order valence-corrected chi connectivity index (χ0v) is 13.5. The van der Waals surface area contributed by atoms with E-state index in [4.69, 9.17) is 0 Å². The largest absolute Gasteiger partial charge is 0.388 e. The normalized spacial score (nSPS) is 13.7. The number of nitrogens with zero attached hydrogens (tertiary/aromatic N) is 2. The van der Waals surface area contributed by atoms with E-state index in [0.29, 0.717) is 6.54 Å². The molecule has 0 saturated carbocycles. The van der Waals surface area contributed by atoms with Gasteiger partial charge in [0.15, 0.2) is 0 Å². The van der Waals surface area contributed by atoms with Gasteiger partial charge in [-0.25, -0.2) is 9.78 Å². The van der Waals surface area contributed by atoms with Crippen LogP contribution < -0.4 is 15.5 Å². The molecule has 0 aliphatic heterocycles. The molecule has 6 nitrogen and oxygen atoms in total. The van der Waals surface area contributed by atoms with E-state index < -0.39 is 5.60 Å². The number of carbonyl (C=O) groups is 1. The van der Waals surface area contributed by atoms with Crippen LogP contribution in [0.4, 0.5) is 10.6 Å². The minimum Gasteiger partial charge on any atom is -0.388 e. The van der Waals surface area contributed by atoms with Crippen LogP contribution in [0.25, 0.3) is 0 Å². The van der Waals surface area contributed by atoms with Crippen molar-refractivity contribution in [2.75, 3.05) is 25.5 Å². The molecule has 0 aliphatic rings. The molecule has 1 unspecified atom stereocenters. The number of hydrogen-bond acceptors (Lipinski definition) is 4. The molecule has 118 valence electrons. The third-order valence-electron chi connectivity index (χ3n) is 3.57. The van der Waals surface area contributed by atoms with E-state index in [1.807, 2.05) is 45.0 Å². The summed E-state index contributed by atoms with van der Waals surface area (Å²) >= 11 is 0. The van der Waals surface area contributed by atoms with Crippen LogP contribution in [0.1, 0.15) is 26.3 Å². The summed E-state index contributed by atoms with van der Waals surface area (Å²) in [6, 6.07) is 3.49. The summed E-state index contributed by atoms with van der Waals surface area (Å²) in [7, 11) is 3.83. The van der Waals surface area contributed by atoms with Crippen molar-refractivity contribution in [1.29, 1.82) is 0 Å². The van der Waals surface area contributed by atoms with E-state index >= 15 is 0 Å². The first-order chi connectivity index (χ1) is 9.72. The van der Waals surface area contributed by atoms with Gasteiger partial charge >= 0.3 is 6.03 Å². The second-order valence-corrected chi connectivity index (χ2v) is 5.96. The SMILES string of the molecule is CC(C)C(C)(O)CNC(=O)NCc1ccnc(N(C)C)c1. The molecule has 0 aromatic carbocycles. The van der Waals surface area contributed by atoms with Gasteiger partial charge in [-0.2, -0.15) is 0 Å². The third-order valence-corrected chi connectivity index (χ3v) is 3.57. The number of nitrogens with one attached hydrogen (secondary N) is 2. The molecule has 1 heterocycles. The van der Waals surface area contributed by atoms with Crippen molar-refractivity contribution in [3.63, 3.8) is 0 Å². The number of anilines is 1. The number of aromatic nitrogens is 1. The molecule has 6 heteroatoms. The Labute approximate surface area is 126 Å². The summed E-state index contributed by atoms with van der Waals surface area (Å²) in [6.07, 6.45) is 1.72. The van der Waals surface area contributed by atoms with Gasteiger partial charge < -0.3 is 20.6 Å². The number of hydrogen-bond donors (Lipinski definition) is 3. The van der Waals surface area contributed by atoms with Gasteiger partial charge in [0.2, 0.25) is 0 Å². The molecule has 0 bridgehead atoms. The van der Waals surface area contributed by atoms with Gasteiger partial charge in [-0.15, -0.1) is 0 Å². The molecule has 0 spiro atoms. The highest BCUT2D eigenvalue weighted by molar-refractivity contribution is 5.73. The second-order valence-electron chi connectivity index (χ2n) is 5.96. The van der Waals surface area contributed by atoms with Gasteiger partial charge in [0, 0.05) is 33.4 Å². The van der Waals surface area contributed by atoms with Gasteiger partial charge in [-0.1, -0.05) is 13.8 Å². The van der Waals surface area contributed by atoms with Crippen molar-refractivity contribution in [1.82, 2.24) is 15.6 Å². The fraction of sp³-hybridized carbons (Fsp3) is 0.600.